The van der Waals surface area contributed by atoms with Gasteiger partial charge in [0, 0.05) is 0 Å². The first kappa shape index (κ1) is 29.6. The molecule has 0 saturated heterocycles. The number of carbonyl (C=O) groups excluding carboxylic acids is 2. The van der Waals surface area contributed by atoms with E-state index in [1.807, 2.05) is 0 Å². The van der Waals surface area contributed by atoms with Gasteiger partial charge >= 0.3 is 11.9 Å². The highest BCUT2D eigenvalue weighted by Gasteiger charge is 2.35. The number of ether oxygens (including phenoxy) is 2. The van der Waals surface area contributed by atoms with E-state index < -0.39 is 33.7 Å². The Morgan fingerprint density at radius 3 is 1.77 bits per heavy atom. The highest BCUT2D eigenvalue weighted by molar-refractivity contribution is 7.87. The highest BCUT2D eigenvalue weighted by Crippen LogP contribution is 2.13. The normalized spacial score (nSPS) is 12.7. The summed E-state index contributed by atoms with van der Waals surface area (Å²) in [6.07, 6.45) is 18.0. The lowest BCUT2D eigenvalue weighted by molar-refractivity contribution is -0.147. The van der Waals surface area contributed by atoms with E-state index >= 15 is 0 Å². The smallest absolute Gasteiger partial charge is 0.332 e. The van der Waals surface area contributed by atoms with Gasteiger partial charge in [0.1, 0.15) is 0 Å². The Bertz CT molecular complexity index is 599. The second-order valence-electron chi connectivity index (χ2n) is 7.89. The summed E-state index contributed by atoms with van der Waals surface area (Å²) < 4.78 is 41.6. The fourth-order valence-corrected chi connectivity index (χ4v) is 3.76. The molecule has 0 saturated carbocycles. The molecule has 0 amide bonds. The molecule has 0 aliphatic rings. The lowest BCUT2D eigenvalue weighted by atomic mass is 10.0. The van der Waals surface area contributed by atoms with Crippen LogP contribution in [-0.2, 0) is 29.2 Å². The Hall–Kier alpha value is -1.41. The molecule has 31 heavy (non-hydrogen) atoms. The second-order valence-corrected chi connectivity index (χ2v) is 9.49. The molecule has 1 N–H and O–H groups in total. The van der Waals surface area contributed by atoms with Crippen LogP contribution >= 0.6 is 0 Å². The topological polar surface area (TPSA) is 107 Å². The molecule has 182 valence electrons. The van der Waals surface area contributed by atoms with Crippen molar-refractivity contribution in [2.75, 3.05) is 6.61 Å². The molecule has 0 radical (unpaired) electrons. The zero-order chi connectivity index (χ0) is 23.4. The van der Waals surface area contributed by atoms with Crippen LogP contribution < -0.4 is 0 Å². The molecular formula is C23H42O7S. The van der Waals surface area contributed by atoms with Crippen molar-refractivity contribution in [3.63, 3.8) is 0 Å². The Labute approximate surface area is 188 Å². The molecule has 7 nitrogen and oxygen atoms in total. The van der Waals surface area contributed by atoms with Gasteiger partial charge in [-0.15, -0.1) is 0 Å². The van der Waals surface area contributed by atoms with Gasteiger partial charge in [0.05, 0.1) is 19.3 Å². The zero-order valence-electron chi connectivity index (χ0n) is 19.4. The Morgan fingerprint density at radius 1 is 0.839 bits per heavy atom. The maximum atomic E-state index is 11.8. The van der Waals surface area contributed by atoms with Crippen molar-refractivity contribution in [1.29, 1.82) is 0 Å². The molecule has 0 aromatic rings. The summed E-state index contributed by atoms with van der Waals surface area (Å²) >= 11 is 0. The summed E-state index contributed by atoms with van der Waals surface area (Å²) in [7, 11) is -4.76. The Morgan fingerprint density at radius 2 is 1.32 bits per heavy atom. The van der Waals surface area contributed by atoms with Crippen LogP contribution in [0.4, 0.5) is 0 Å². The maximum Gasteiger partial charge on any atom is 0.332 e. The van der Waals surface area contributed by atoms with E-state index in [0.29, 0.717) is 12.8 Å². The monoisotopic (exact) mass is 462 g/mol. The molecular weight excluding hydrogens is 420 g/mol. The standard InChI is InChI=1S/C23H42O7S/c1-3-5-7-8-9-10-11-12-13-14-15-16-17-19-29-22(24)20-21(31(26,27)28)23(25)30-18-6-4-2/h6,18,21H,3-5,7-17,19-20H2,1-2H3,(H,26,27,28)/b18-6+. The number of carbonyl (C=O) groups is 2. The first-order chi connectivity index (χ1) is 14.8. The van der Waals surface area contributed by atoms with Gasteiger partial charge in [-0.2, -0.15) is 8.42 Å². The van der Waals surface area contributed by atoms with E-state index in [4.69, 9.17) is 4.74 Å². The molecule has 0 aromatic carbocycles. The largest absolute Gasteiger partial charge is 0.466 e. The van der Waals surface area contributed by atoms with Crippen LogP contribution in [-0.4, -0.2) is 36.8 Å². The third-order valence-electron chi connectivity index (χ3n) is 5.00. The van der Waals surface area contributed by atoms with E-state index in [9.17, 15) is 22.6 Å². The predicted octanol–water partition coefficient (Wildman–Crippen LogP) is 5.73. The average molecular weight is 463 g/mol. The van der Waals surface area contributed by atoms with Crippen molar-refractivity contribution in [3.05, 3.63) is 12.3 Å². The summed E-state index contributed by atoms with van der Waals surface area (Å²) in [5, 5.41) is -1.98. The summed E-state index contributed by atoms with van der Waals surface area (Å²) in [5.41, 5.74) is 0. The van der Waals surface area contributed by atoms with E-state index in [0.717, 1.165) is 25.5 Å². The number of rotatable bonds is 20. The van der Waals surface area contributed by atoms with Crippen molar-refractivity contribution < 1.29 is 32.0 Å². The number of unbranched alkanes of at least 4 members (excludes halogenated alkanes) is 12. The first-order valence-electron chi connectivity index (χ1n) is 11.8. The van der Waals surface area contributed by atoms with E-state index in [1.54, 1.807) is 6.92 Å². The second kappa shape index (κ2) is 19.3. The van der Waals surface area contributed by atoms with Crippen molar-refractivity contribution in [2.24, 2.45) is 0 Å². The highest BCUT2D eigenvalue weighted by atomic mass is 32.2. The van der Waals surface area contributed by atoms with Gasteiger partial charge in [-0.3, -0.25) is 14.1 Å². The predicted molar refractivity (Wildman–Crippen MR) is 122 cm³/mol. The summed E-state index contributed by atoms with van der Waals surface area (Å²) in [4.78, 5) is 23.6. The number of esters is 2. The third-order valence-corrected chi connectivity index (χ3v) is 6.08. The van der Waals surface area contributed by atoms with Gasteiger partial charge in [-0.1, -0.05) is 90.9 Å². The number of allylic oxidation sites excluding steroid dienone is 1. The summed E-state index contributed by atoms with van der Waals surface area (Å²) in [6, 6.07) is 0. The molecule has 0 fully saturated rings. The molecule has 1 atom stereocenters. The molecule has 0 aliphatic carbocycles. The van der Waals surface area contributed by atoms with Gasteiger partial charge < -0.3 is 9.47 Å². The van der Waals surface area contributed by atoms with Crippen LogP contribution in [0.15, 0.2) is 12.3 Å². The molecule has 0 heterocycles. The van der Waals surface area contributed by atoms with Gasteiger partial charge in [0.25, 0.3) is 10.1 Å². The summed E-state index contributed by atoms with van der Waals surface area (Å²) in [5.74, 6) is -2.05. The van der Waals surface area contributed by atoms with Crippen LogP contribution in [0, 0.1) is 0 Å². The maximum absolute atomic E-state index is 11.8. The molecule has 0 aliphatic heterocycles. The van der Waals surface area contributed by atoms with Crippen molar-refractivity contribution in [3.8, 4) is 0 Å². The number of hydrogen-bond acceptors (Lipinski definition) is 6. The minimum atomic E-state index is -4.76. The van der Waals surface area contributed by atoms with Crippen molar-refractivity contribution >= 4 is 22.1 Å². The number of hydrogen-bond donors (Lipinski definition) is 1. The van der Waals surface area contributed by atoms with Crippen molar-refractivity contribution in [1.82, 2.24) is 0 Å². The Balaban J connectivity index is 3.81. The van der Waals surface area contributed by atoms with Crippen molar-refractivity contribution in [2.45, 2.75) is 115 Å². The molecule has 0 aromatic heterocycles. The summed E-state index contributed by atoms with van der Waals surface area (Å²) in [6.45, 7) is 4.20. The Kier molecular flexibility index (Phi) is 18.4. The quantitative estimate of drug-likeness (QED) is 0.106. The lowest BCUT2D eigenvalue weighted by Gasteiger charge is -2.11. The molecule has 0 bridgehead atoms. The van der Waals surface area contributed by atoms with Crippen LogP contribution in [0.3, 0.4) is 0 Å². The zero-order valence-corrected chi connectivity index (χ0v) is 20.2. The molecule has 0 rings (SSSR count). The minimum absolute atomic E-state index is 0.166. The molecule has 1 unspecified atom stereocenters. The fraction of sp³-hybridized carbons (Fsp3) is 0.826. The lowest BCUT2D eigenvalue weighted by Crippen LogP contribution is -2.33. The van der Waals surface area contributed by atoms with Crippen LogP contribution in [0.1, 0.15) is 110 Å². The van der Waals surface area contributed by atoms with Crippen LogP contribution in [0.2, 0.25) is 0 Å². The average Bonchev–Trinajstić information content (AvgIpc) is 2.71. The van der Waals surface area contributed by atoms with Crippen LogP contribution in [0.5, 0.6) is 0 Å². The van der Waals surface area contributed by atoms with E-state index in [-0.39, 0.29) is 6.61 Å². The molecule has 0 spiro atoms. The third kappa shape index (κ3) is 17.9. The van der Waals surface area contributed by atoms with Gasteiger partial charge in [0.15, 0.2) is 5.25 Å². The van der Waals surface area contributed by atoms with Gasteiger partial charge in [0.2, 0.25) is 0 Å². The van der Waals surface area contributed by atoms with E-state index in [2.05, 4.69) is 11.7 Å². The van der Waals surface area contributed by atoms with E-state index in [1.165, 1.54) is 63.9 Å². The SMILES string of the molecule is CC/C=C/OC(=O)C(CC(=O)OCCCCCCCCCCCCCCC)S(=O)(=O)O. The van der Waals surface area contributed by atoms with Gasteiger partial charge in [-0.25, -0.2) is 0 Å². The minimum Gasteiger partial charge on any atom is -0.466 e. The van der Waals surface area contributed by atoms with Crippen LogP contribution in [0.25, 0.3) is 0 Å². The fourth-order valence-electron chi connectivity index (χ4n) is 3.11. The molecule has 8 heteroatoms. The first-order valence-corrected chi connectivity index (χ1v) is 13.3. The van der Waals surface area contributed by atoms with Gasteiger partial charge in [-0.05, 0) is 18.9 Å².